The standard InChI is InChI=1S/C16H18O2.2C2H6/c1-13-7-3-5-9-15(13)17-11-12-18-16-10-6-4-8-14(16)2;2*1-2/h3-10H,11-12H2,1-2H3;2*1-2H3. The summed E-state index contributed by atoms with van der Waals surface area (Å²) in [6.07, 6.45) is 0. The van der Waals surface area contributed by atoms with Gasteiger partial charge in [0.2, 0.25) is 0 Å². The fraction of sp³-hybridized carbons (Fsp3) is 0.400. The van der Waals surface area contributed by atoms with E-state index in [1.165, 1.54) is 0 Å². The van der Waals surface area contributed by atoms with E-state index in [4.69, 9.17) is 9.47 Å². The van der Waals surface area contributed by atoms with Crippen LogP contribution < -0.4 is 9.47 Å². The molecule has 0 saturated heterocycles. The summed E-state index contributed by atoms with van der Waals surface area (Å²) in [7, 11) is 0. The quantitative estimate of drug-likeness (QED) is 0.648. The van der Waals surface area contributed by atoms with Crippen LogP contribution in [0.15, 0.2) is 48.5 Å². The molecule has 0 aliphatic heterocycles. The highest BCUT2D eigenvalue weighted by molar-refractivity contribution is 5.32. The first-order valence-electron chi connectivity index (χ1n) is 8.14. The first kappa shape index (κ1) is 20.0. The van der Waals surface area contributed by atoms with Gasteiger partial charge in [-0.05, 0) is 37.1 Å². The fourth-order valence-corrected chi connectivity index (χ4v) is 1.74. The molecule has 0 amide bonds. The third-order valence-electron chi connectivity index (χ3n) is 2.79. The minimum Gasteiger partial charge on any atom is -0.490 e. The molecule has 2 heteroatoms. The summed E-state index contributed by atoms with van der Waals surface area (Å²) in [5.41, 5.74) is 2.29. The lowest BCUT2D eigenvalue weighted by Crippen LogP contribution is -2.10. The van der Waals surface area contributed by atoms with Crippen molar-refractivity contribution < 1.29 is 9.47 Å². The van der Waals surface area contributed by atoms with Gasteiger partial charge in [-0.3, -0.25) is 0 Å². The zero-order valence-electron chi connectivity index (χ0n) is 14.8. The van der Waals surface area contributed by atoms with Gasteiger partial charge in [-0.25, -0.2) is 0 Å². The second kappa shape index (κ2) is 12.8. The molecule has 2 nitrogen and oxygen atoms in total. The van der Waals surface area contributed by atoms with Crippen molar-refractivity contribution in [1.29, 1.82) is 0 Å². The number of hydrogen-bond acceptors (Lipinski definition) is 2. The van der Waals surface area contributed by atoms with Gasteiger partial charge in [0.1, 0.15) is 24.7 Å². The summed E-state index contributed by atoms with van der Waals surface area (Å²) < 4.78 is 11.3. The van der Waals surface area contributed by atoms with Crippen LogP contribution in [0.1, 0.15) is 38.8 Å². The molecule has 0 heterocycles. The van der Waals surface area contributed by atoms with Gasteiger partial charge in [0.25, 0.3) is 0 Å². The number of ether oxygens (including phenoxy) is 2. The van der Waals surface area contributed by atoms with Crippen molar-refractivity contribution in [2.24, 2.45) is 0 Å². The van der Waals surface area contributed by atoms with Crippen LogP contribution in [-0.4, -0.2) is 13.2 Å². The Morgan fingerprint density at radius 2 is 0.909 bits per heavy atom. The summed E-state index contributed by atoms with van der Waals surface area (Å²) in [6.45, 7) is 13.2. The van der Waals surface area contributed by atoms with Gasteiger partial charge >= 0.3 is 0 Å². The van der Waals surface area contributed by atoms with Crippen molar-refractivity contribution in [3.63, 3.8) is 0 Å². The summed E-state index contributed by atoms with van der Waals surface area (Å²) >= 11 is 0. The molecule has 0 fully saturated rings. The van der Waals surface area contributed by atoms with Crippen LogP contribution in [0, 0.1) is 13.8 Å². The first-order chi connectivity index (χ1) is 10.8. The molecular formula is C20H30O2. The first-order valence-corrected chi connectivity index (χ1v) is 8.14. The molecule has 0 atom stereocenters. The van der Waals surface area contributed by atoms with Crippen molar-refractivity contribution in [2.45, 2.75) is 41.5 Å². The van der Waals surface area contributed by atoms with Gasteiger partial charge in [0, 0.05) is 0 Å². The Morgan fingerprint density at radius 1 is 0.591 bits per heavy atom. The van der Waals surface area contributed by atoms with Gasteiger partial charge in [0.15, 0.2) is 0 Å². The molecule has 0 unspecified atom stereocenters. The van der Waals surface area contributed by atoms with Gasteiger partial charge < -0.3 is 9.47 Å². The van der Waals surface area contributed by atoms with Gasteiger partial charge in [0.05, 0.1) is 0 Å². The van der Waals surface area contributed by atoms with Gasteiger partial charge in [-0.2, -0.15) is 0 Å². The number of rotatable bonds is 5. The van der Waals surface area contributed by atoms with E-state index in [9.17, 15) is 0 Å². The molecule has 2 aromatic rings. The highest BCUT2D eigenvalue weighted by Crippen LogP contribution is 2.17. The maximum Gasteiger partial charge on any atom is 0.122 e. The zero-order chi connectivity index (χ0) is 16.8. The number of para-hydroxylation sites is 2. The van der Waals surface area contributed by atoms with E-state index in [2.05, 4.69) is 0 Å². The molecule has 0 spiro atoms. The second-order valence-electron chi connectivity index (χ2n) is 4.23. The summed E-state index contributed by atoms with van der Waals surface area (Å²) in [5, 5.41) is 0. The molecule has 22 heavy (non-hydrogen) atoms. The van der Waals surface area contributed by atoms with E-state index in [0.29, 0.717) is 13.2 Å². The topological polar surface area (TPSA) is 18.5 Å². The van der Waals surface area contributed by atoms with Crippen LogP contribution in [0.2, 0.25) is 0 Å². The van der Waals surface area contributed by atoms with E-state index in [1.54, 1.807) is 0 Å². The maximum absolute atomic E-state index is 5.67. The normalized spacial score (nSPS) is 8.82. The molecule has 2 rings (SSSR count). The van der Waals surface area contributed by atoms with Gasteiger partial charge in [-0.1, -0.05) is 64.1 Å². The molecule has 0 bridgehead atoms. The van der Waals surface area contributed by atoms with Crippen LogP contribution in [0.25, 0.3) is 0 Å². The Labute approximate surface area is 136 Å². The summed E-state index contributed by atoms with van der Waals surface area (Å²) in [4.78, 5) is 0. The Bertz CT molecular complexity index is 459. The molecule has 2 aromatic carbocycles. The molecule has 0 saturated carbocycles. The van der Waals surface area contributed by atoms with Crippen molar-refractivity contribution in [1.82, 2.24) is 0 Å². The average Bonchev–Trinajstić information content (AvgIpc) is 2.58. The second-order valence-corrected chi connectivity index (χ2v) is 4.23. The van der Waals surface area contributed by atoms with Crippen molar-refractivity contribution in [3.8, 4) is 11.5 Å². The lowest BCUT2D eigenvalue weighted by atomic mass is 10.2. The predicted molar refractivity (Wildman–Crippen MR) is 96.0 cm³/mol. The van der Waals surface area contributed by atoms with E-state index in [0.717, 1.165) is 22.6 Å². The lowest BCUT2D eigenvalue weighted by Gasteiger charge is -2.11. The molecular weight excluding hydrogens is 272 g/mol. The number of aryl methyl sites for hydroxylation is 2. The Balaban J connectivity index is 0.00000102. The third kappa shape index (κ3) is 7.16. The minimum atomic E-state index is 0.555. The Morgan fingerprint density at radius 3 is 1.23 bits per heavy atom. The summed E-state index contributed by atoms with van der Waals surface area (Å²) in [5.74, 6) is 1.84. The minimum absolute atomic E-state index is 0.555. The monoisotopic (exact) mass is 302 g/mol. The zero-order valence-corrected chi connectivity index (χ0v) is 14.8. The van der Waals surface area contributed by atoms with Crippen LogP contribution >= 0.6 is 0 Å². The van der Waals surface area contributed by atoms with E-state index >= 15 is 0 Å². The molecule has 0 aliphatic rings. The molecule has 0 aromatic heterocycles. The number of hydrogen-bond donors (Lipinski definition) is 0. The molecule has 122 valence electrons. The van der Waals surface area contributed by atoms with Crippen LogP contribution in [0.3, 0.4) is 0 Å². The SMILES string of the molecule is CC.CC.Cc1ccccc1OCCOc1ccccc1C. The summed E-state index contributed by atoms with van der Waals surface area (Å²) in [6, 6.07) is 16.0. The molecule has 0 radical (unpaired) electrons. The van der Waals surface area contributed by atoms with E-state index < -0.39 is 0 Å². The van der Waals surface area contributed by atoms with E-state index in [1.807, 2.05) is 90.1 Å². The molecule has 0 aliphatic carbocycles. The van der Waals surface area contributed by atoms with E-state index in [-0.39, 0.29) is 0 Å². The lowest BCUT2D eigenvalue weighted by molar-refractivity contribution is 0.215. The van der Waals surface area contributed by atoms with Crippen LogP contribution in [-0.2, 0) is 0 Å². The highest BCUT2D eigenvalue weighted by atomic mass is 16.5. The van der Waals surface area contributed by atoms with Gasteiger partial charge in [-0.15, -0.1) is 0 Å². The predicted octanol–water partition coefficient (Wildman–Crippen LogP) is 5.81. The highest BCUT2D eigenvalue weighted by Gasteiger charge is 1.99. The van der Waals surface area contributed by atoms with Crippen molar-refractivity contribution in [3.05, 3.63) is 59.7 Å². The number of benzene rings is 2. The average molecular weight is 302 g/mol. The smallest absolute Gasteiger partial charge is 0.122 e. The Kier molecular flexibility index (Phi) is 11.6. The van der Waals surface area contributed by atoms with Crippen molar-refractivity contribution >= 4 is 0 Å². The Hall–Kier alpha value is -1.96. The van der Waals surface area contributed by atoms with Crippen LogP contribution in [0.5, 0.6) is 11.5 Å². The van der Waals surface area contributed by atoms with Crippen LogP contribution in [0.4, 0.5) is 0 Å². The van der Waals surface area contributed by atoms with Crippen molar-refractivity contribution in [2.75, 3.05) is 13.2 Å². The largest absolute Gasteiger partial charge is 0.490 e. The fourth-order valence-electron chi connectivity index (χ4n) is 1.74. The maximum atomic E-state index is 5.67. The third-order valence-corrected chi connectivity index (χ3v) is 2.79. The molecule has 0 N–H and O–H groups in total.